The Morgan fingerprint density at radius 2 is 1.82 bits per heavy atom. The number of nitrogens with zero attached hydrogens (tertiary/aromatic N) is 5. The first-order valence-electron chi connectivity index (χ1n) is 12.1. The van der Waals surface area contributed by atoms with Crippen LogP contribution in [-0.2, 0) is 0 Å². The molecule has 0 aliphatic carbocycles. The van der Waals surface area contributed by atoms with Gasteiger partial charge in [0.25, 0.3) is 5.88 Å². The summed E-state index contributed by atoms with van der Waals surface area (Å²) in [5.41, 5.74) is 0.797. The van der Waals surface area contributed by atoms with Gasteiger partial charge in [-0.15, -0.1) is 0 Å². The van der Waals surface area contributed by atoms with Gasteiger partial charge in [0.15, 0.2) is 6.04 Å². The Balaban J connectivity index is 2.08. The molecule has 0 fully saturated rings. The lowest BCUT2D eigenvalue weighted by Gasteiger charge is -2.33. The minimum Gasteiger partial charge on any atom is -0.494 e. The van der Waals surface area contributed by atoms with Crippen LogP contribution in [0.15, 0.2) is 36.8 Å². The molecule has 2 amide bonds. The van der Waals surface area contributed by atoms with Crippen LogP contribution >= 0.6 is 0 Å². The van der Waals surface area contributed by atoms with E-state index in [1.54, 1.807) is 17.5 Å². The van der Waals surface area contributed by atoms with E-state index in [0.29, 0.717) is 22.3 Å². The van der Waals surface area contributed by atoms with Crippen LogP contribution in [0.4, 0.5) is 31.1 Å². The second kappa shape index (κ2) is 12.0. The fourth-order valence-corrected chi connectivity index (χ4v) is 4.03. The SMILES string of the molecule is CCC(/C=C/C(F)(F)F)NC(=O)N(CC)[C@@H](c1cc(-c2cn3cc(C)nc3c(OC)n2)c(OC)cn1)C(F)(F)F. The summed E-state index contributed by atoms with van der Waals surface area (Å²) in [7, 11) is 2.68. The number of hydrogen-bond donors (Lipinski definition) is 1. The first-order chi connectivity index (χ1) is 18.7. The number of nitrogens with one attached hydrogen (secondary N) is 1. The molecule has 15 heteroatoms. The van der Waals surface area contributed by atoms with Crippen LogP contribution in [0.2, 0.25) is 0 Å². The molecule has 1 N–H and O–H groups in total. The van der Waals surface area contributed by atoms with E-state index >= 15 is 0 Å². The topological polar surface area (TPSA) is 93.9 Å². The van der Waals surface area contributed by atoms with E-state index in [1.165, 1.54) is 34.3 Å². The second-order valence-corrected chi connectivity index (χ2v) is 8.65. The molecule has 0 aromatic carbocycles. The number of halogens is 6. The molecule has 0 saturated heterocycles. The quantitative estimate of drug-likeness (QED) is 0.262. The van der Waals surface area contributed by atoms with Crippen molar-refractivity contribution in [3.63, 3.8) is 0 Å². The summed E-state index contributed by atoms with van der Waals surface area (Å²) in [6.07, 6.45) is -4.72. The number of urea groups is 1. The number of carbonyl (C=O) groups excluding carboxylic acids is 1. The highest BCUT2D eigenvalue weighted by molar-refractivity contribution is 5.76. The predicted molar refractivity (Wildman–Crippen MR) is 133 cm³/mol. The number of amides is 2. The first-order valence-corrected chi connectivity index (χ1v) is 12.1. The molecule has 1 unspecified atom stereocenters. The van der Waals surface area contributed by atoms with E-state index < -0.39 is 42.7 Å². The maximum atomic E-state index is 14.5. The average Bonchev–Trinajstić information content (AvgIpc) is 3.27. The van der Waals surface area contributed by atoms with Gasteiger partial charge in [-0.05, 0) is 26.3 Å². The Morgan fingerprint density at radius 1 is 1.12 bits per heavy atom. The number of alkyl halides is 6. The number of pyridine rings is 1. The highest BCUT2D eigenvalue weighted by atomic mass is 19.4. The van der Waals surface area contributed by atoms with Crippen LogP contribution < -0.4 is 14.8 Å². The van der Waals surface area contributed by atoms with E-state index in [9.17, 15) is 31.1 Å². The predicted octanol–water partition coefficient (Wildman–Crippen LogP) is 5.65. The summed E-state index contributed by atoms with van der Waals surface area (Å²) >= 11 is 0. The van der Waals surface area contributed by atoms with Crippen LogP contribution in [0.1, 0.15) is 37.7 Å². The largest absolute Gasteiger partial charge is 0.494 e. The molecule has 3 heterocycles. The molecule has 0 aliphatic heterocycles. The van der Waals surface area contributed by atoms with Gasteiger partial charge in [0, 0.05) is 36.6 Å². The van der Waals surface area contributed by atoms with Gasteiger partial charge in [-0.2, -0.15) is 26.3 Å². The van der Waals surface area contributed by atoms with Gasteiger partial charge in [0.2, 0.25) is 5.65 Å². The number of imidazole rings is 1. The molecular formula is C25H28F6N6O3. The summed E-state index contributed by atoms with van der Waals surface area (Å²) in [6.45, 7) is 4.12. The van der Waals surface area contributed by atoms with Crippen molar-refractivity contribution in [2.45, 2.75) is 51.6 Å². The molecule has 0 radical (unpaired) electrons. The molecule has 3 aromatic rings. The van der Waals surface area contributed by atoms with E-state index in [4.69, 9.17) is 9.47 Å². The van der Waals surface area contributed by atoms with Crippen LogP contribution in [0.3, 0.4) is 0 Å². The molecule has 0 bridgehead atoms. The number of methoxy groups -OCH3 is 2. The van der Waals surface area contributed by atoms with Gasteiger partial charge in [-0.25, -0.2) is 14.8 Å². The zero-order valence-electron chi connectivity index (χ0n) is 22.3. The molecule has 0 spiro atoms. The third-order valence-electron chi connectivity index (χ3n) is 5.87. The summed E-state index contributed by atoms with van der Waals surface area (Å²) in [6, 6.07) is -3.80. The van der Waals surface area contributed by atoms with Crippen molar-refractivity contribution in [1.29, 1.82) is 0 Å². The smallest absolute Gasteiger partial charge is 0.414 e. The highest BCUT2D eigenvalue weighted by Crippen LogP contribution is 2.40. The Morgan fingerprint density at radius 3 is 2.38 bits per heavy atom. The minimum absolute atomic E-state index is 0.0151. The lowest BCUT2D eigenvalue weighted by atomic mass is 10.1. The zero-order valence-corrected chi connectivity index (χ0v) is 22.3. The van der Waals surface area contributed by atoms with Gasteiger partial charge in [-0.3, -0.25) is 4.98 Å². The average molecular weight is 575 g/mol. The molecule has 2 atom stereocenters. The van der Waals surface area contributed by atoms with Crippen molar-refractivity contribution < 1.29 is 40.6 Å². The summed E-state index contributed by atoms with van der Waals surface area (Å²) in [5, 5.41) is 2.23. The fourth-order valence-electron chi connectivity index (χ4n) is 4.03. The molecule has 0 saturated carbocycles. The van der Waals surface area contributed by atoms with Gasteiger partial charge >= 0.3 is 18.4 Å². The molecule has 0 aliphatic rings. The summed E-state index contributed by atoms with van der Waals surface area (Å²) < 4.78 is 93.4. The monoisotopic (exact) mass is 574 g/mol. The summed E-state index contributed by atoms with van der Waals surface area (Å²) in [4.78, 5) is 26.0. The molecule has 3 aromatic heterocycles. The van der Waals surface area contributed by atoms with Gasteiger partial charge in [0.1, 0.15) is 5.75 Å². The van der Waals surface area contributed by atoms with Crippen LogP contribution in [0, 0.1) is 6.92 Å². The maximum Gasteiger partial charge on any atom is 0.414 e. The fraction of sp³-hybridized carbons (Fsp3) is 0.440. The second-order valence-electron chi connectivity index (χ2n) is 8.65. The van der Waals surface area contributed by atoms with E-state index in [-0.39, 0.29) is 35.4 Å². The number of carbonyl (C=O) groups is 1. The third kappa shape index (κ3) is 6.93. The van der Waals surface area contributed by atoms with Crippen molar-refractivity contribution in [2.24, 2.45) is 0 Å². The van der Waals surface area contributed by atoms with E-state index in [1.807, 2.05) is 0 Å². The number of rotatable bonds is 9. The lowest BCUT2D eigenvalue weighted by molar-refractivity contribution is -0.179. The molecule has 40 heavy (non-hydrogen) atoms. The molecular weight excluding hydrogens is 546 g/mol. The first kappa shape index (κ1) is 30.5. The van der Waals surface area contributed by atoms with Crippen molar-refractivity contribution >= 4 is 11.7 Å². The van der Waals surface area contributed by atoms with E-state index in [0.717, 1.165) is 12.3 Å². The maximum absolute atomic E-state index is 14.5. The molecule has 9 nitrogen and oxygen atoms in total. The number of fused-ring (bicyclic) bond motifs is 1. The summed E-state index contributed by atoms with van der Waals surface area (Å²) in [5.74, 6) is 0.219. The Hall–Kier alpha value is -4.04. The number of ether oxygens (including phenoxy) is 2. The Labute approximate surface area is 225 Å². The van der Waals surface area contributed by atoms with Crippen LogP contribution in [0.25, 0.3) is 16.9 Å². The third-order valence-corrected chi connectivity index (χ3v) is 5.87. The van der Waals surface area contributed by atoms with Crippen molar-refractivity contribution in [3.8, 4) is 22.9 Å². The van der Waals surface area contributed by atoms with Crippen LogP contribution in [0.5, 0.6) is 11.6 Å². The van der Waals surface area contributed by atoms with Crippen molar-refractivity contribution in [1.82, 2.24) is 29.6 Å². The van der Waals surface area contributed by atoms with E-state index in [2.05, 4.69) is 20.3 Å². The number of aryl methyl sites for hydroxylation is 1. The number of allylic oxidation sites excluding steroid dienone is 1. The minimum atomic E-state index is -4.99. The highest BCUT2D eigenvalue weighted by Gasteiger charge is 2.47. The lowest BCUT2D eigenvalue weighted by Crippen LogP contribution is -2.49. The number of hydrogen-bond acceptors (Lipinski definition) is 6. The van der Waals surface area contributed by atoms with Crippen molar-refractivity contribution in [2.75, 3.05) is 20.8 Å². The van der Waals surface area contributed by atoms with Gasteiger partial charge < -0.3 is 24.1 Å². The molecule has 3 rings (SSSR count). The number of aromatic nitrogens is 4. The molecule has 218 valence electrons. The van der Waals surface area contributed by atoms with Crippen LogP contribution in [-0.4, -0.2) is 69.4 Å². The van der Waals surface area contributed by atoms with Gasteiger partial charge in [-0.1, -0.05) is 13.0 Å². The Kier molecular flexibility index (Phi) is 9.15. The Bertz CT molecular complexity index is 1370. The van der Waals surface area contributed by atoms with Gasteiger partial charge in [0.05, 0.1) is 37.5 Å². The van der Waals surface area contributed by atoms with Crippen molar-refractivity contribution in [3.05, 3.63) is 48.2 Å². The standard InChI is InChI=1S/C25H28F6N6O3/c1-6-15(8-9-24(26,27)28)34-23(38)37(7-2)20(25(29,30)31)17-10-16(19(39-4)11-32-17)18-13-36-12-14(3)33-21(36)22(35-18)40-5/h8-13,15,20H,6-7H2,1-5H3,(H,34,38)/b9-8+/t15?,20-/m0/s1. The normalized spacial score (nSPS) is 13.9. The zero-order chi connectivity index (χ0) is 29.8.